The summed E-state index contributed by atoms with van der Waals surface area (Å²) >= 11 is 0. The Balaban J connectivity index is 1.70. The summed E-state index contributed by atoms with van der Waals surface area (Å²) in [6.45, 7) is -0.453. The topological polar surface area (TPSA) is 200 Å². The van der Waals surface area contributed by atoms with E-state index < -0.39 is 60.3 Å². The quantitative estimate of drug-likeness (QED) is 0.243. The summed E-state index contributed by atoms with van der Waals surface area (Å²) in [6, 6.07) is 10.9. The maximum atomic E-state index is 12.9. The first kappa shape index (κ1) is 30.1. The summed E-state index contributed by atoms with van der Waals surface area (Å²) < 4.78 is 0. The van der Waals surface area contributed by atoms with E-state index in [0.717, 1.165) is 11.1 Å². The molecular weight excluding hydrogens is 518 g/mol. The van der Waals surface area contributed by atoms with Crippen molar-refractivity contribution in [1.29, 1.82) is 0 Å². The number of hydrogen-bond acceptors (Lipinski definition) is 7. The van der Waals surface area contributed by atoms with Gasteiger partial charge in [0.2, 0.25) is 23.6 Å². The lowest BCUT2D eigenvalue weighted by atomic mass is 10.0. The number of aromatic hydroxyl groups is 1. The van der Waals surface area contributed by atoms with Crippen molar-refractivity contribution in [2.75, 3.05) is 6.54 Å². The van der Waals surface area contributed by atoms with Gasteiger partial charge in [0.15, 0.2) is 0 Å². The molecule has 12 nitrogen and oxygen atoms in total. The molecule has 0 aliphatic carbocycles. The van der Waals surface area contributed by atoms with Gasteiger partial charge in [-0.25, -0.2) is 4.79 Å². The van der Waals surface area contributed by atoms with Crippen LogP contribution >= 0.6 is 0 Å². The van der Waals surface area contributed by atoms with Crippen molar-refractivity contribution < 1.29 is 34.2 Å². The van der Waals surface area contributed by atoms with E-state index in [2.05, 4.69) is 21.3 Å². The lowest BCUT2D eigenvalue weighted by molar-refractivity contribution is -0.142. The number of amides is 4. The maximum Gasteiger partial charge on any atom is 0.326 e. The van der Waals surface area contributed by atoms with Gasteiger partial charge in [0, 0.05) is 6.42 Å². The van der Waals surface area contributed by atoms with Crippen LogP contribution in [-0.4, -0.2) is 70.5 Å². The highest BCUT2D eigenvalue weighted by molar-refractivity contribution is 5.94. The minimum atomic E-state index is -1.21. The van der Waals surface area contributed by atoms with Crippen LogP contribution in [0.15, 0.2) is 54.6 Å². The average molecular weight is 554 g/mol. The molecule has 4 amide bonds. The lowest BCUT2D eigenvalue weighted by Gasteiger charge is -2.24. The van der Waals surface area contributed by atoms with Crippen molar-refractivity contribution in [3.05, 3.63) is 65.7 Å². The summed E-state index contributed by atoms with van der Waals surface area (Å²) in [4.78, 5) is 63.2. The third-order valence-electron chi connectivity index (χ3n) is 6.57. The highest BCUT2D eigenvalue weighted by Crippen LogP contribution is 2.12. The second-order valence-corrected chi connectivity index (χ2v) is 9.75. The first-order valence-corrected chi connectivity index (χ1v) is 13.1. The van der Waals surface area contributed by atoms with Crippen LogP contribution in [0.25, 0.3) is 0 Å². The third kappa shape index (κ3) is 9.38. The molecule has 2 aromatic carbocycles. The van der Waals surface area contributed by atoms with Crippen molar-refractivity contribution in [3.8, 4) is 5.75 Å². The van der Waals surface area contributed by atoms with Gasteiger partial charge in [-0.15, -0.1) is 0 Å². The number of carboxylic acid groups (broad SMARTS) is 1. The highest BCUT2D eigenvalue weighted by Gasteiger charge is 2.29. The van der Waals surface area contributed by atoms with E-state index >= 15 is 0 Å². The second-order valence-electron chi connectivity index (χ2n) is 9.75. The Labute approximate surface area is 231 Å². The van der Waals surface area contributed by atoms with Gasteiger partial charge in [0.1, 0.15) is 23.9 Å². The van der Waals surface area contributed by atoms with Gasteiger partial charge >= 0.3 is 5.97 Å². The van der Waals surface area contributed by atoms with Gasteiger partial charge in [0.25, 0.3) is 0 Å². The Morgan fingerprint density at radius 1 is 0.925 bits per heavy atom. The Bertz CT molecular complexity index is 1190. The first-order valence-electron chi connectivity index (χ1n) is 13.1. The molecule has 0 bridgehead atoms. The fourth-order valence-electron chi connectivity index (χ4n) is 4.35. The van der Waals surface area contributed by atoms with Gasteiger partial charge < -0.3 is 37.2 Å². The molecule has 1 aliphatic heterocycles. The molecule has 1 heterocycles. The molecule has 0 aromatic heterocycles. The zero-order chi connectivity index (χ0) is 29.1. The van der Waals surface area contributed by atoms with E-state index in [4.69, 9.17) is 5.73 Å². The number of aliphatic carboxylic acids is 1. The molecule has 8 N–H and O–H groups in total. The van der Waals surface area contributed by atoms with Crippen LogP contribution in [0.4, 0.5) is 0 Å². The van der Waals surface area contributed by atoms with Crippen LogP contribution in [0.1, 0.15) is 36.8 Å². The van der Waals surface area contributed by atoms with E-state index in [1.54, 1.807) is 42.5 Å². The number of carbonyl (C=O) groups excluding carboxylic acids is 4. The molecule has 4 atom stereocenters. The van der Waals surface area contributed by atoms with Crippen molar-refractivity contribution in [2.24, 2.45) is 5.73 Å². The number of phenols is 1. The van der Waals surface area contributed by atoms with Crippen molar-refractivity contribution in [1.82, 2.24) is 21.3 Å². The largest absolute Gasteiger partial charge is 0.508 e. The molecule has 1 saturated heterocycles. The predicted octanol–water partition coefficient (Wildman–Crippen LogP) is -0.266. The zero-order valence-corrected chi connectivity index (χ0v) is 22.0. The van der Waals surface area contributed by atoms with E-state index in [9.17, 15) is 34.2 Å². The standard InChI is InChI=1S/C28H35N5O7/c29-20(14-18-10-12-19(34)13-11-18)25(36)32-21-8-4-5-9-22(28(39)40)33-27(38)23(15-17-6-2-1-3-7-17)31-24(35)16-30-26(21)37/h1-3,6-7,10-13,20-23,34H,4-5,8-9,14-16,29H2,(H,30,37)(H,31,35)(H,32,36)(H,33,38)(H,39,40)/t20-,21+,22+,23-/m0/s1. The molecule has 1 fully saturated rings. The van der Waals surface area contributed by atoms with Gasteiger partial charge in [-0.05, 0) is 42.5 Å². The van der Waals surface area contributed by atoms with Gasteiger partial charge in [-0.1, -0.05) is 55.3 Å². The Morgan fingerprint density at radius 2 is 1.60 bits per heavy atom. The minimum absolute atomic E-state index is 0.0818. The highest BCUT2D eigenvalue weighted by atomic mass is 16.4. The summed E-state index contributed by atoms with van der Waals surface area (Å²) in [5.74, 6) is -3.59. The Kier molecular flexibility index (Phi) is 11.0. The van der Waals surface area contributed by atoms with Crippen molar-refractivity contribution >= 4 is 29.6 Å². The molecule has 40 heavy (non-hydrogen) atoms. The second kappa shape index (κ2) is 14.6. The molecule has 214 valence electrons. The number of hydrogen-bond donors (Lipinski definition) is 7. The summed E-state index contributed by atoms with van der Waals surface area (Å²) in [7, 11) is 0. The molecule has 2 aromatic rings. The summed E-state index contributed by atoms with van der Waals surface area (Å²) in [5, 5.41) is 29.3. The predicted molar refractivity (Wildman–Crippen MR) is 145 cm³/mol. The zero-order valence-electron chi connectivity index (χ0n) is 22.0. The molecule has 0 saturated carbocycles. The van der Waals surface area contributed by atoms with E-state index in [0.29, 0.717) is 12.8 Å². The van der Waals surface area contributed by atoms with Crippen LogP contribution < -0.4 is 27.0 Å². The van der Waals surface area contributed by atoms with Gasteiger partial charge in [-0.2, -0.15) is 0 Å². The molecule has 12 heteroatoms. The lowest BCUT2D eigenvalue weighted by Crippen LogP contribution is -2.56. The molecule has 0 radical (unpaired) electrons. The van der Waals surface area contributed by atoms with Crippen LogP contribution in [-0.2, 0) is 36.8 Å². The fourth-order valence-corrected chi connectivity index (χ4v) is 4.35. The molecule has 0 spiro atoms. The van der Waals surface area contributed by atoms with E-state index in [1.165, 1.54) is 12.1 Å². The van der Waals surface area contributed by atoms with Gasteiger partial charge in [0.05, 0.1) is 12.6 Å². The number of rotatable bonds is 7. The number of nitrogens with one attached hydrogen (secondary N) is 4. The Hall–Kier alpha value is -4.45. The molecule has 1 aliphatic rings. The number of nitrogens with two attached hydrogens (primary N) is 1. The van der Waals surface area contributed by atoms with Gasteiger partial charge in [-0.3, -0.25) is 19.2 Å². The third-order valence-corrected chi connectivity index (χ3v) is 6.57. The normalized spacial score (nSPS) is 21.6. The maximum absolute atomic E-state index is 12.9. The summed E-state index contributed by atoms with van der Waals surface area (Å²) in [6.07, 6.45) is 1.27. The van der Waals surface area contributed by atoms with E-state index in [1.807, 2.05) is 0 Å². The number of phenolic OH excluding ortho intramolecular Hbond substituents is 1. The van der Waals surface area contributed by atoms with Crippen molar-refractivity contribution in [2.45, 2.75) is 62.7 Å². The summed E-state index contributed by atoms with van der Waals surface area (Å²) in [5.41, 5.74) is 7.53. The smallest absolute Gasteiger partial charge is 0.326 e. The van der Waals surface area contributed by atoms with Crippen molar-refractivity contribution in [3.63, 3.8) is 0 Å². The molecule has 0 unspecified atom stereocenters. The fraction of sp³-hybridized carbons (Fsp3) is 0.393. The number of carbonyl (C=O) groups is 5. The SMILES string of the molecule is N[C@@H](Cc1ccc(O)cc1)C(=O)N[C@@H]1CCCC[C@H](C(=O)O)NC(=O)[C@H](Cc2ccccc2)NC(=O)CNC1=O. The molecular formula is C28H35N5O7. The number of benzene rings is 2. The average Bonchev–Trinajstić information content (AvgIpc) is 2.93. The van der Waals surface area contributed by atoms with Crippen LogP contribution in [0, 0.1) is 0 Å². The monoisotopic (exact) mass is 553 g/mol. The Morgan fingerprint density at radius 3 is 2.27 bits per heavy atom. The number of carboxylic acids is 1. The van der Waals surface area contributed by atoms with Crippen LogP contribution in [0.3, 0.4) is 0 Å². The first-order chi connectivity index (χ1) is 19.1. The molecule has 3 rings (SSSR count). The minimum Gasteiger partial charge on any atom is -0.508 e. The van der Waals surface area contributed by atoms with Crippen LogP contribution in [0.5, 0.6) is 5.75 Å². The van der Waals surface area contributed by atoms with Crippen LogP contribution in [0.2, 0.25) is 0 Å². The van der Waals surface area contributed by atoms with E-state index in [-0.39, 0.29) is 31.4 Å².